The van der Waals surface area contributed by atoms with Gasteiger partial charge in [-0.3, -0.25) is 14.4 Å². The van der Waals surface area contributed by atoms with E-state index in [4.69, 9.17) is 4.74 Å². The summed E-state index contributed by atoms with van der Waals surface area (Å²) in [6.45, 7) is 5.79. The third-order valence-electron chi connectivity index (χ3n) is 5.35. The second kappa shape index (κ2) is 10.2. The molecule has 168 valence electrons. The van der Waals surface area contributed by atoms with Crippen LogP contribution in [0.1, 0.15) is 60.7 Å². The van der Waals surface area contributed by atoms with Crippen molar-refractivity contribution < 1.29 is 23.9 Å². The maximum atomic E-state index is 12.6. The van der Waals surface area contributed by atoms with Crippen LogP contribution in [0.2, 0.25) is 0 Å². The molecule has 32 heavy (non-hydrogen) atoms. The molecule has 0 aromatic heterocycles. The second-order valence-electron chi connectivity index (χ2n) is 8.18. The van der Waals surface area contributed by atoms with Gasteiger partial charge in [0.15, 0.2) is 6.10 Å². The van der Waals surface area contributed by atoms with E-state index >= 15 is 0 Å². The normalized spacial score (nSPS) is 14.8. The Morgan fingerprint density at radius 3 is 2.12 bits per heavy atom. The summed E-state index contributed by atoms with van der Waals surface area (Å²) in [7, 11) is 0. The Balaban J connectivity index is 1.59. The highest BCUT2D eigenvalue weighted by Crippen LogP contribution is 2.22. The van der Waals surface area contributed by atoms with Crippen LogP contribution in [0.25, 0.3) is 0 Å². The quantitative estimate of drug-likeness (QED) is 0.518. The Hall–Kier alpha value is -3.48. The van der Waals surface area contributed by atoms with Crippen molar-refractivity contribution in [2.45, 2.75) is 46.1 Å². The van der Waals surface area contributed by atoms with Gasteiger partial charge in [0.2, 0.25) is 17.6 Å². The van der Waals surface area contributed by atoms with E-state index < -0.39 is 12.1 Å². The van der Waals surface area contributed by atoms with E-state index in [-0.39, 0.29) is 23.5 Å². The molecule has 0 unspecified atom stereocenters. The fourth-order valence-electron chi connectivity index (χ4n) is 3.38. The summed E-state index contributed by atoms with van der Waals surface area (Å²) in [5.74, 6) is -1.12. The lowest BCUT2D eigenvalue weighted by molar-refractivity contribution is -0.120. The molecule has 2 aromatic carbocycles. The van der Waals surface area contributed by atoms with Crippen LogP contribution in [0, 0.1) is 5.92 Å². The Morgan fingerprint density at radius 2 is 1.53 bits per heavy atom. The van der Waals surface area contributed by atoms with Gasteiger partial charge < -0.3 is 15.0 Å². The van der Waals surface area contributed by atoms with E-state index in [1.54, 1.807) is 67.3 Å². The van der Waals surface area contributed by atoms with Crippen LogP contribution in [0.4, 0.5) is 11.4 Å². The van der Waals surface area contributed by atoms with Gasteiger partial charge in [-0.05, 0) is 68.3 Å². The molecular weight excluding hydrogens is 408 g/mol. The number of hydrogen-bond donors (Lipinski definition) is 1. The molecule has 1 heterocycles. The van der Waals surface area contributed by atoms with Crippen molar-refractivity contribution in [1.29, 1.82) is 0 Å². The first kappa shape index (κ1) is 23.2. The zero-order valence-electron chi connectivity index (χ0n) is 18.6. The SMILES string of the molecule is CC(C)C(=O)Nc1ccc(C(=O)[C@H](C)OC(=O)c2ccc(N3CCCCC3=O)cc2)cc1. The molecule has 1 atom stereocenters. The predicted molar refractivity (Wildman–Crippen MR) is 122 cm³/mol. The number of rotatable bonds is 7. The first-order valence-electron chi connectivity index (χ1n) is 10.8. The molecule has 1 aliphatic heterocycles. The fraction of sp³-hybridized carbons (Fsp3) is 0.360. The van der Waals surface area contributed by atoms with Crippen LogP contribution in [-0.2, 0) is 14.3 Å². The highest BCUT2D eigenvalue weighted by Gasteiger charge is 2.22. The minimum absolute atomic E-state index is 0.0839. The fourth-order valence-corrected chi connectivity index (χ4v) is 3.38. The molecule has 0 spiro atoms. The number of amides is 2. The van der Waals surface area contributed by atoms with E-state index in [0.29, 0.717) is 29.8 Å². The zero-order valence-corrected chi connectivity index (χ0v) is 18.6. The Labute approximate surface area is 187 Å². The van der Waals surface area contributed by atoms with Crippen molar-refractivity contribution in [3.8, 4) is 0 Å². The van der Waals surface area contributed by atoms with Gasteiger partial charge in [-0.25, -0.2) is 4.79 Å². The molecule has 2 amide bonds. The largest absolute Gasteiger partial charge is 0.451 e. The molecule has 0 aliphatic carbocycles. The van der Waals surface area contributed by atoms with Gasteiger partial charge in [0.1, 0.15) is 0 Å². The Morgan fingerprint density at radius 1 is 0.906 bits per heavy atom. The molecule has 0 bridgehead atoms. The minimum Gasteiger partial charge on any atom is -0.451 e. The summed E-state index contributed by atoms with van der Waals surface area (Å²) >= 11 is 0. The van der Waals surface area contributed by atoms with Crippen molar-refractivity contribution >= 4 is 34.9 Å². The lowest BCUT2D eigenvalue weighted by Gasteiger charge is -2.26. The average molecular weight is 437 g/mol. The van der Waals surface area contributed by atoms with Crippen molar-refractivity contribution in [3.63, 3.8) is 0 Å². The number of carbonyl (C=O) groups is 4. The molecule has 3 rings (SSSR count). The number of nitrogens with one attached hydrogen (secondary N) is 1. The third-order valence-corrected chi connectivity index (χ3v) is 5.35. The highest BCUT2D eigenvalue weighted by molar-refractivity contribution is 6.02. The van der Waals surface area contributed by atoms with Gasteiger partial charge in [0, 0.05) is 35.8 Å². The van der Waals surface area contributed by atoms with Crippen molar-refractivity contribution in [3.05, 3.63) is 59.7 Å². The monoisotopic (exact) mass is 436 g/mol. The molecule has 7 heteroatoms. The summed E-state index contributed by atoms with van der Waals surface area (Å²) in [6, 6.07) is 13.1. The molecule has 7 nitrogen and oxygen atoms in total. The van der Waals surface area contributed by atoms with Gasteiger partial charge in [0.05, 0.1) is 5.56 Å². The predicted octanol–water partition coefficient (Wildman–Crippen LogP) is 4.23. The van der Waals surface area contributed by atoms with Crippen molar-refractivity contribution in [2.24, 2.45) is 5.92 Å². The Kier molecular flexibility index (Phi) is 7.41. The van der Waals surface area contributed by atoms with Crippen LogP contribution < -0.4 is 10.2 Å². The molecule has 2 aromatic rings. The van der Waals surface area contributed by atoms with E-state index in [2.05, 4.69) is 5.32 Å². The number of hydrogen-bond acceptors (Lipinski definition) is 5. The van der Waals surface area contributed by atoms with E-state index in [9.17, 15) is 19.2 Å². The lowest BCUT2D eigenvalue weighted by atomic mass is 10.1. The number of ether oxygens (including phenoxy) is 1. The molecule has 1 aliphatic rings. The van der Waals surface area contributed by atoms with Gasteiger partial charge in [0.25, 0.3) is 0 Å². The number of nitrogens with zero attached hydrogens (tertiary/aromatic N) is 1. The molecule has 0 saturated carbocycles. The smallest absolute Gasteiger partial charge is 0.338 e. The lowest BCUT2D eigenvalue weighted by Crippen LogP contribution is -2.35. The summed E-state index contributed by atoms with van der Waals surface area (Å²) in [5, 5.41) is 2.76. The number of carbonyl (C=O) groups excluding carboxylic acids is 4. The van der Waals surface area contributed by atoms with Gasteiger partial charge >= 0.3 is 5.97 Å². The van der Waals surface area contributed by atoms with E-state index in [1.165, 1.54) is 6.92 Å². The summed E-state index contributed by atoms with van der Waals surface area (Å²) < 4.78 is 5.35. The molecule has 1 fully saturated rings. The number of benzene rings is 2. The standard InChI is InChI=1S/C25H28N2O5/c1-16(2)24(30)26-20-11-7-18(8-12-20)23(29)17(3)32-25(31)19-9-13-21(14-10-19)27-15-5-4-6-22(27)28/h7-14,16-17H,4-6,15H2,1-3H3,(H,26,30)/t17-/m0/s1. The molecular formula is C25H28N2O5. The maximum Gasteiger partial charge on any atom is 0.338 e. The first-order valence-corrected chi connectivity index (χ1v) is 10.8. The number of Topliss-reactive ketones (excluding diaryl/α,β-unsaturated/α-hetero) is 1. The Bertz CT molecular complexity index is 996. The molecule has 1 N–H and O–H groups in total. The second-order valence-corrected chi connectivity index (χ2v) is 8.18. The molecule has 0 radical (unpaired) electrons. The van der Waals surface area contributed by atoms with Crippen LogP contribution in [0.3, 0.4) is 0 Å². The third kappa shape index (κ3) is 5.60. The maximum absolute atomic E-state index is 12.6. The highest BCUT2D eigenvalue weighted by atomic mass is 16.5. The van der Waals surface area contributed by atoms with Gasteiger partial charge in [-0.2, -0.15) is 0 Å². The van der Waals surface area contributed by atoms with E-state index in [1.807, 2.05) is 0 Å². The summed E-state index contributed by atoms with van der Waals surface area (Å²) in [4.78, 5) is 50.7. The van der Waals surface area contributed by atoms with Crippen LogP contribution in [0.5, 0.6) is 0 Å². The van der Waals surface area contributed by atoms with Crippen molar-refractivity contribution in [2.75, 3.05) is 16.8 Å². The number of piperidine rings is 1. The van der Waals surface area contributed by atoms with Crippen molar-refractivity contribution in [1.82, 2.24) is 0 Å². The van der Waals surface area contributed by atoms with Gasteiger partial charge in [-0.15, -0.1) is 0 Å². The van der Waals surface area contributed by atoms with Crippen LogP contribution in [0.15, 0.2) is 48.5 Å². The first-order chi connectivity index (χ1) is 15.3. The van der Waals surface area contributed by atoms with Crippen LogP contribution in [-0.4, -0.2) is 36.2 Å². The number of ketones is 1. The average Bonchev–Trinajstić information content (AvgIpc) is 2.79. The summed E-state index contributed by atoms with van der Waals surface area (Å²) in [5.41, 5.74) is 2.04. The zero-order chi connectivity index (χ0) is 23.3. The summed E-state index contributed by atoms with van der Waals surface area (Å²) in [6.07, 6.45) is 1.43. The van der Waals surface area contributed by atoms with E-state index in [0.717, 1.165) is 18.5 Å². The minimum atomic E-state index is -0.970. The van der Waals surface area contributed by atoms with Gasteiger partial charge in [-0.1, -0.05) is 13.8 Å². The number of anilines is 2. The van der Waals surface area contributed by atoms with Crippen LogP contribution >= 0.6 is 0 Å². The molecule has 1 saturated heterocycles. The number of esters is 1. The topological polar surface area (TPSA) is 92.8 Å².